The summed E-state index contributed by atoms with van der Waals surface area (Å²) in [5.41, 5.74) is 0. The van der Waals surface area contributed by atoms with Crippen LogP contribution in [-0.2, 0) is 14.8 Å². The van der Waals surface area contributed by atoms with Crippen LogP contribution < -0.4 is 9.47 Å². The quantitative estimate of drug-likeness (QED) is 0.749. The van der Waals surface area contributed by atoms with Gasteiger partial charge in [0.05, 0.1) is 20.3 Å². The van der Waals surface area contributed by atoms with Crippen LogP contribution in [0.4, 0.5) is 0 Å². The van der Waals surface area contributed by atoms with E-state index in [0.29, 0.717) is 43.8 Å². The van der Waals surface area contributed by atoms with Gasteiger partial charge in [-0.25, -0.2) is 8.42 Å². The SMILES string of the molecule is COc1ccc(OC)c(S(=O)(=O)N2CCN(C[C@H]3CCCO3)CC2)c1. The van der Waals surface area contributed by atoms with Crippen molar-refractivity contribution < 1.29 is 22.6 Å². The number of hydrogen-bond donors (Lipinski definition) is 0. The van der Waals surface area contributed by atoms with E-state index in [2.05, 4.69) is 4.90 Å². The summed E-state index contributed by atoms with van der Waals surface area (Å²) in [6.45, 7) is 4.09. The van der Waals surface area contributed by atoms with Crippen molar-refractivity contribution in [1.82, 2.24) is 9.21 Å². The molecule has 1 aromatic carbocycles. The molecule has 0 bridgehead atoms. The molecule has 140 valence electrons. The van der Waals surface area contributed by atoms with Crippen molar-refractivity contribution >= 4 is 10.0 Å². The van der Waals surface area contributed by atoms with E-state index >= 15 is 0 Å². The zero-order chi connectivity index (χ0) is 17.9. The van der Waals surface area contributed by atoms with Crippen molar-refractivity contribution in [3.8, 4) is 11.5 Å². The van der Waals surface area contributed by atoms with Crippen molar-refractivity contribution in [1.29, 1.82) is 0 Å². The van der Waals surface area contributed by atoms with Crippen LogP contribution >= 0.6 is 0 Å². The van der Waals surface area contributed by atoms with Crippen LogP contribution in [0, 0.1) is 0 Å². The van der Waals surface area contributed by atoms with Gasteiger partial charge in [-0.05, 0) is 25.0 Å². The molecule has 0 aromatic heterocycles. The van der Waals surface area contributed by atoms with Crippen LogP contribution in [-0.4, -0.2) is 77.3 Å². The number of rotatable bonds is 6. The van der Waals surface area contributed by atoms with Gasteiger partial charge in [0.25, 0.3) is 0 Å². The molecule has 0 unspecified atom stereocenters. The first kappa shape index (κ1) is 18.4. The Morgan fingerprint density at radius 2 is 1.92 bits per heavy atom. The standard InChI is InChI=1S/C17H26N2O5S/c1-22-14-5-6-16(23-2)17(12-14)25(20,21)19-9-7-18(8-10-19)13-15-4-3-11-24-15/h5-6,12,15H,3-4,7-11,13H2,1-2H3/t15-/m1/s1. The molecule has 2 saturated heterocycles. The lowest BCUT2D eigenvalue weighted by Gasteiger charge is -2.35. The molecule has 1 atom stereocenters. The summed E-state index contributed by atoms with van der Waals surface area (Å²) in [7, 11) is -0.629. The summed E-state index contributed by atoms with van der Waals surface area (Å²) in [4.78, 5) is 2.44. The monoisotopic (exact) mass is 370 g/mol. The predicted octanol–water partition coefficient (Wildman–Crippen LogP) is 1.19. The molecule has 0 radical (unpaired) electrons. The van der Waals surface area contributed by atoms with Crippen LogP contribution in [0.15, 0.2) is 23.1 Å². The van der Waals surface area contributed by atoms with Gasteiger partial charge in [-0.2, -0.15) is 4.31 Å². The molecule has 0 amide bonds. The Hall–Kier alpha value is -1.35. The molecular formula is C17H26N2O5S. The largest absolute Gasteiger partial charge is 0.497 e. The highest BCUT2D eigenvalue weighted by Crippen LogP contribution is 2.31. The van der Waals surface area contributed by atoms with Crippen LogP contribution in [0.3, 0.4) is 0 Å². The average Bonchev–Trinajstić information content (AvgIpc) is 3.14. The van der Waals surface area contributed by atoms with Gasteiger partial charge in [-0.15, -0.1) is 0 Å². The molecule has 2 aliphatic heterocycles. The zero-order valence-electron chi connectivity index (χ0n) is 14.8. The molecule has 25 heavy (non-hydrogen) atoms. The zero-order valence-corrected chi connectivity index (χ0v) is 15.6. The molecule has 7 nitrogen and oxygen atoms in total. The summed E-state index contributed by atoms with van der Waals surface area (Å²) in [6, 6.07) is 4.84. The van der Waals surface area contributed by atoms with Crippen molar-refractivity contribution in [2.45, 2.75) is 23.8 Å². The first-order valence-corrected chi connectivity index (χ1v) is 10.0. The first-order valence-electron chi connectivity index (χ1n) is 8.60. The van der Waals surface area contributed by atoms with Crippen molar-refractivity contribution in [2.75, 3.05) is 53.6 Å². The Balaban J connectivity index is 1.69. The summed E-state index contributed by atoms with van der Waals surface area (Å²) in [6.07, 6.45) is 2.51. The highest BCUT2D eigenvalue weighted by atomic mass is 32.2. The Morgan fingerprint density at radius 1 is 1.16 bits per heavy atom. The maximum atomic E-state index is 13.0. The van der Waals surface area contributed by atoms with Crippen molar-refractivity contribution in [3.63, 3.8) is 0 Å². The Labute approximate surface area is 149 Å². The molecule has 8 heteroatoms. The lowest BCUT2D eigenvalue weighted by molar-refractivity contribution is 0.0617. The summed E-state index contributed by atoms with van der Waals surface area (Å²) >= 11 is 0. The molecule has 1 aromatic rings. The van der Waals surface area contributed by atoms with Crippen molar-refractivity contribution in [2.24, 2.45) is 0 Å². The van der Waals surface area contributed by atoms with E-state index in [-0.39, 0.29) is 4.90 Å². The molecular weight excluding hydrogens is 344 g/mol. The van der Waals surface area contributed by atoms with Gasteiger partial charge in [-0.1, -0.05) is 0 Å². The topological polar surface area (TPSA) is 68.3 Å². The maximum absolute atomic E-state index is 13.0. The minimum absolute atomic E-state index is 0.155. The molecule has 0 saturated carbocycles. The predicted molar refractivity (Wildman–Crippen MR) is 93.7 cm³/mol. The lowest BCUT2D eigenvalue weighted by atomic mass is 10.2. The second-order valence-corrected chi connectivity index (χ2v) is 8.26. The molecule has 2 fully saturated rings. The fraction of sp³-hybridized carbons (Fsp3) is 0.647. The van der Waals surface area contributed by atoms with Gasteiger partial charge in [0, 0.05) is 45.4 Å². The molecule has 2 heterocycles. The van der Waals surface area contributed by atoms with Gasteiger partial charge >= 0.3 is 0 Å². The number of piperazine rings is 1. The Kier molecular flexibility index (Phi) is 5.83. The molecule has 0 N–H and O–H groups in total. The van der Waals surface area contributed by atoms with Crippen molar-refractivity contribution in [3.05, 3.63) is 18.2 Å². The molecule has 0 aliphatic carbocycles. The Morgan fingerprint density at radius 3 is 2.52 bits per heavy atom. The fourth-order valence-electron chi connectivity index (χ4n) is 3.35. The third-order valence-electron chi connectivity index (χ3n) is 4.81. The Bertz CT molecular complexity index is 680. The summed E-state index contributed by atoms with van der Waals surface area (Å²) in [5, 5.41) is 0. The minimum Gasteiger partial charge on any atom is -0.497 e. The third-order valence-corrected chi connectivity index (χ3v) is 6.73. The summed E-state index contributed by atoms with van der Waals surface area (Å²) < 4.78 is 43.7. The van der Waals surface area contributed by atoms with E-state index in [0.717, 1.165) is 26.0 Å². The number of ether oxygens (including phenoxy) is 3. The highest BCUT2D eigenvalue weighted by molar-refractivity contribution is 7.89. The van der Waals surface area contributed by atoms with E-state index in [1.807, 2.05) is 0 Å². The number of methoxy groups -OCH3 is 2. The van der Waals surface area contributed by atoms with E-state index in [1.54, 1.807) is 12.1 Å². The van der Waals surface area contributed by atoms with Gasteiger partial charge in [-0.3, -0.25) is 4.90 Å². The van der Waals surface area contributed by atoms with Crippen LogP contribution in [0.5, 0.6) is 11.5 Å². The molecule has 2 aliphatic rings. The molecule has 0 spiro atoms. The molecule has 3 rings (SSSR count). The smallest absolute Gasteiger partial charge is 0.246 e. The number of nitrogens with zero attached hydrogens (tertiary/aromatic N) is 2. The van der Waals surface area contributed by atoms with E-state index < -0.39 is 10.0 Å². The minimum atomic E-state index is -3.62. The normalized spacial score (nSPS) is 22.9. The average molecular weight is 370 g/mol. The van der Waals surface area contributed by atoms with Crippen LogP contribution in [0.25, 0.3) is 0 Å². The lowest BCUT2D eigenvalue weighted by Crippen LogP contribution is -2.50. The van der Waals surface area contributed by atoms with Crippen LogP contribution in [0.1, 0.15) is 12.8 Å². The summed E-state index contributed by atoms with van der Waals surface area (Å²) in [5.74, 6) is 0.832. The first-order chi connectivity index (χ1) is 12.0. The number of hydrogen-bond acceptors (Lipinski definition) is 6. The van der Waals surface area contributed by atoms with Gasteiger partial charge in [0.2, 0.25) is 10.0 Å². The van der Waals surface area contributed by atoms with E-state index in [1.165, 1.54) is 24.6 Å². The highest BCUT2D eigenvalue weighted by Gasteiger charge is 2.32. The maximum Gasteiger partial charge on any atom is 0.246 e. The third kappa shape index (κ3) is 4.08. The van der Waals surface area contributed by atoms with Gasteiger partial charge in [0.15, 0.2) is 0 Å². The number of sulfonamides is 1. The second-order valence-electron chi connectivity index (χ2n) is 6.36. The van der Waals surface area contributed by atoms with E-state index in [4.69, 9.17) is 14.2 Å². The van der Waals surface area contributed by atoms with E-state index in [9.17, 15) is 8.42 Å². The van der Waals surface area contributed by atoms with Crippen LogP contribution in [0.2, 0.25) is 0 Å². The fourth-order valence-corrected chi connectivity index (χ4v) is 4.95. The second kappa shape index (κ2) is 7.90. The van der Waals surface area contributed by atoms with Gasteiger partial charge in [0.1, 0.15) is 16.4 Å². The van der Waals surface area contributed by atoms with Gasteiger partial charge < -0.3 is 14.2 Å². The number of benzene rings is 1.